The van der Waals surface area contributed by atoms with Crippen molar-refractivity contribution in [1.82, 2.24) is 16.0 Å². The fourth-order valence-electron chi connectivity index (χ4n) is 1.73. The van der Waals surface area contributed by atoms with Crippen LogP contribution < -0.4 is 16.0 Å². The zero-order valence-electron chi connectivity index (χ0n) is 12.9. The van der Waals surface area contributed by atoms with Crippen molar-refractivity contribution in [3.8, 4) is 0 Å². The van der Waals surface area contributed by atoms with Crippen LogP contribution in [0.1, 0.15) is 33.0 Å². The van der Waals surface area contributed by atoms with Gasteiger partial charge in [-0.2, -0.15) is 0 Å². The molecule has 0 spiro atoms. The molecule has 0 radical (unpaired) electrons. The molecule has 0 fully saturated rings. The molecule has 0 bridgehead atoms. The first-order chi connectivity index (χ1) is 9.99. The highest BCUT2D eigenvalue weighted by Gasteiger charge is 2.08. The minimum atomic E-state index is -0.222. The Morgan fingerprint density at radius 1 is 1.19 bits per heavy atom. The summed E-state index contributed by atoms with van der Waals surface area (Å²) < 4.78 is 5.24. The molecule has 3 amide bonds. The van der Waals surface area contributed by atoms with E-state index in [1.807, 2.05) is 32.9 Å². The minimum absolute atomic E-state index is 0.0102. The van der Waals surface area contributed by atoms with Gasteiger partial charge in [-0.1, -0.05) is 13.8 Å². The third-order valence-corrected chi connectivity index (χ3v) is 3.02. The number of amides is 3. The largest absolute Gasteiger partial charge is 0.469 e. The Bertz CT molecular complexity index is 429. The topological polar surface area (TPSA) is 83.4 Å². The fourth-order valence-corrected chi connectivity index (χ4v) is 1.73. The molecule has 0 unspecified atom stereocenters. The third-order valence-electron chi connectivity index (χ3n) is 3.02. The average Bonchev–Trinajstić information content (AvgIpc) is 2.94. The SMILES string of the molecule is CC(C)C(=O)NCCNC(=O)N[C@@H](C)CCc1ccco1. The van der Waals surface area contributed by atoms with E-state index in [-0.39, 0.29) is 23.9 Å². The van der Waals surface area contributed by atoms with Crippen LogP contribution in [0.4, 0.5) is 4.79 Å². The molecule has 21 heavy (non-hydrogen) atoms. The van der Waals surface area contributed by atoms with Gasteiger partial charge in [-0.25, -0.2) is 4.79 Å². The lowest BCUT2D eigenvalue weighted by molar-refractivity contribution is -0.123. The zero-order valence-corrected chi connectivity index (χ0v) is 12.9. The summed E-state index contributed by atoms with van der Waals surface area (Å²) in [6.45, 7) is 6.45. The summed E-state index contributed by atoms with van der Waals surface area (Å²) in [6, 6.07) is 3.61. The predicted octanol–water partition coefficient (Wildman–Crippen LogP) is 1.67. The van der Waals surface area contributed by atoms with Crippen LogP contribution in [-0.4, -0.2) is 31.1 Å². The molecule has 6 heteroatoms. The summed E-state index contributed by atoms with van der Waals surface area (Å²) in [5.41, 5.74) is 0. The summed E-state index contributed by atoms with van der Waals surface area (Å²) in [6.07, 6.45) is 3.25. The second kappa shape index (κ2) is 9.05. The molecule has 0 saturated heterocycles. The predicted molar refractivity (Wildman–Crippen MR) is 80.9 cm³/mol. The molecule has 0 aliphatic carbocycles. The number of aryl methyl sites for hydroxylation is 1. The van der Waals surface area contributed by atoms with Gasteiger partial charge in [0.25, 0.3) is 0 Å². The van der Waals surface area contributed by atoms with Crippen LogP contribution in [0.2, 0.25) is 0 Å². The Morgan fingerprint density at radius 3 is 2.52 bits per heavy atom. The van der Waals surface area contributed by atoms with E-state index >= 15 is 0 Å². The van der Waals surface area contributed by atoms with E-state index in [1.54, 1.807) is 6.26 Å². The molecule has 1 heterocycles. The van der Waals surface area contributed by atoms with E-state index in [9.17, 15) is 9.59 Å². The maximum atomic E-state index is 11.6. The average molecular weight is 295 g/mol. The summed E-state index contributed by atoms with van der Waals surface area (Å²) in [5, 5.41) is 8.30. The standard InChI is InChI=1S/C15H25N3O3/c1-11(2)14(19)16-8-9-17-15(20)18-12(3)6-7-13-5-4-10-21-13/h4-5,10-12H,6-9H2,1-3H3,(H,16,19)(H2,17,18,20)/t12-/m0/s1. The van der Waals surface area contributed by atoms with Crippen LogP contribution in [0.3, 0.4) is 0 Å². The summed E-state index contributed by atoms with van der Waals surface area (Å²) in [7, 11) is 0. The van der Waals surface area contributed by atoms with Gasteiger partial charge < -0.3 is 20.4 Å². The van der Waals surface area contributed by atoms with Gasteiger partial charge in [-0.3, -0.25) is 4.79 Å². The molecule has 1 rings (SSSR count). The highest BCUT2D eigenvalue weighted by Crippen LogP contribution is 2.05. The number of furan rings is 1. The van der Waals surface area contributed by atoms with Crippen molar-refractivity contribution in [2.45, 2.75) is 39.7 Å². The normalized spacial score (nSPS) is 12.0. The number of hydrogen-bond donors (Lipinski definition) is 3. The van der Waals surface area contributed by atoms with Crippen molar-refractivity contribution in [2.24, 2.45) is 5.92 Å². The van der Waals surface area contributed by atoms with Crippen LogP contribution in [-0.2, 0) is 11.2 Å². The molecule has 1 aromatic rings. The maximum absolute atomic E-state index is 11.6. The second-order valence-electron chi connectivity index (χ2n) is 5.37. The van der Waals surface area contributed by atoms with Gasteiger partial charge in [0.15, 0.2) is 0 Å². The number of carbonyl (C=O) groups excluding carboxylic acids is 2. The Hall–Kier alpha value is -1.98. The van der Waals surface area contributed by atoms with E-state index in [2.05, 4.69) is 16.0 Å². The highest BCUT2D eigenvalue weighted by atomic mass is 16.3. The quantitative estimate of drug-likeness (QED) is 0.638. The molecular weight excluding hydrogens is 270 g/mol. The van der Waals surface area contributed by atoms with Gasteiger partial charge in [-0.15, -0.1) is 0 Å². The van der Waals surface area contributed by atoms with Gasteiger partial charge in [0.05, 0.1) is 6.26 Å². The van der Waals surface area contributed by atoms with Crippen LogP contribution >= 0.6 is 0 Å². The van der Waals surface area contributed by atoms with Gasteiger partial charge in [0, 0.05) is 31.5 Å². The molecule has 3 N–H and O–H groups in total. The number of rotatable bonds is 8. The first-order valence-corrected chi connectivity index (χ1v) is 7.33. The van der Waals surface area contributed by atoms with Crippen LogP contribution in [0.15, 0.2) is 22.8 Å². The number of urea groups is 1. The first-order valence-electron chi connectivity index (χ1n) is 7.33. The van der Waals surface area contributed by atoms with Gasteiger partial charge in [0.2, 0.25) is 5.91 Å². The first kappa shape index (κ1) is 17.1. The molecule has 0 aliphatic heterocycles. The van der Waals surface area contributed by atoms with Gasteiger partial charge in [-0.05, 0) is 25.5 Å². The fraction of sp³-hybridized carbons (Fsp3) is 0.600. The Kier molecular flexibility index (Phi) is 7.36. The minimum Gasteiger partial charge on any atom is -0.469 e. The van der Waals surface area contributed by atoms with Crippen LogP contribution in [0.5, 0.6) is 0 Å². The van der Waals surface area contributed by atoms with Crippen molar-refractivity contribution >= 4 is 11.9 Å². The van der Waals surface area contributed by atoms with E-state index in [0.29, 0.717) is 13.1 Å². The molecule has 0 aliphatic rings. The van der Waals surface area contributed by atoms with Crippen molar-refractivity contribution in [3.05, 3.63) is 24.2 Å². The summed E-state index contributed by atoms with van der Waals surface area (Å²) in [4.78, 5) is 22.9. The lowest BCUT2D eigenvalue weighted by Gasteiger charge is -2.14. The molecule has 1 aromatic heterocycles. The summed E-state index contributed by atoms with van der Waals surface area (Å²) in [5.74, 6) is 0.866. The van der Waals surface area contributed by atoms with Crippen molar-refractivity contribution in [1.29, 1.82) is 0 Å². The van der Waals surface area contributed by atoms with Crippen molar-refractivity contribution in [2.75, 3.05) is 13.1 Å². The molecule has 1 atom stereocenters. The van der Waals surface area contributed by atoms with Gasteiger partial charge >= 0.3 is 6.03 Å². The number of carbonyl (C=O) groups is 2. The smallest absolute Gasteiger partial charge is 0.315 e. The van der Waals surface area contributed by atoms with Gasteiger partial charge in [0.1, 0.15) is 5.76 Å². The molecule has 118 valence electrons. The lowest BCUT2D eigenvalue weighted by atomic mass is 10.1. The third kappa shape index (κ3) is 7.39. The van der Waals surface area contributed by atoms with Crippen LogP contribution in [0, 0.1) is 5.92 Å². The Labute approximate surface area is 125 Å². The van der Waals surface area contributed by atoms with E-state index in [4.69, 9.17) is 4.42 Å². The Balaban J connectivity index is 2.08. The van der Waals surface area contributed by atoms with Crippen LogP contribution in [0.25, 0.3) is 0 Å². The number of hydrogen-bond acceptors (Lipinski definition) is 3. The second-order valence-corrected chi connectivity index (χ2v) is 5.37. The Morgan fingerprint density at radius 2 is 1.90 bits per heavy atom. The molecule has 0 saturated carbocycles. The molecule has 6 nitrogen and oxygen atoms in total. The monoisotopic (exact) mass is 295 g/mol. The van der Waals surface area contributed by atoms with E-state index in [0.717, 1.165) is 18.6 Å². The molecule has 0 aromatic carbocycles. The zero-order chi connectivity index (χ0) is 15.7. The lowest BCUT2D eigenvalue weighted by Crippen LogP contribution is -2.44. The van der Waals surface area contributed by atoms with E-state index < -0.39 is 0 Å². The van der Waals surface area contributed by atoms with E-state index in [1.165, 1.54) is 0 Å². The van der Waals surface area contributed by atoms with Crippen molar-refractivity contribution in [3.63, 3.8) is 0 Å². The number of nitrogens with one attached hydrogen (secondary N) is 3. The maximum Gasteiger partial charge on any atom is 0.315 e. The van der Waals surface area contributed by atoms with Crippen molar-refractivity contribution < 1.29 is 14.0 Å². The highest BCUT2D eigenvalue weighted by molar-refractivity contribution is 5.78. The molecular formula is C15H25N3O3. The summed E-state index contributed by atoms with van der Waals surface area (Å²) >= 11 is 0.